The Balaban J connectivity index is 2.02. The number of oxime groups is 1. The quantitative estimate of drug-likeness (QED) is 0.705. The van der Waals surface area contributed by atoms with Gasteiger partial charge in [-0.2, -0.15) is 0 Å². The standard InChI is InChI=1S/C10H13N3O3S/c1-9(2)4-6-7(12-16-11-6)10(5-9)14-8(17-3)13-15-10/h4-5H2,1-3H3/t10-/m0/s1. The van der Waals surface area contributed by atoms with Gasteiger partial charge in [0.1, 0.15) is 5.69 Å². The van der Waals surface area contributed by atoms with E-state index < -0.39 is 5.79 Å². The monoisotopic (exact) mass is 255 g/mol. The fourth-order valence-electron chi connectivity index (χ4n) is 2.37. The van der Waals surface area contributed by atoms with Gasteiger partial charge in [-0.15, -0.1) is 0 Å². The van der Waals surface area contributed by atoms with Gasteiger partial charge in [0, 0.05) is 12.8 Å². The van der Waals surface area contributed by atoms with Gasteiger partial charge in [0.05, 0.1) is 0 Å². The molecule has 0 bridgehead atoms. The van der Waals surface area contributed by atoms with Gasteiger partial charge in [0.25, 0.3) is 5.23 Å². The van der Waals surface area contributed by atoms with E-state index in [4.69, 9.17) is 14.2 Å². The highest BCUT2D eigenvalue weighted by Gasteiger charge is 2.55. The molecular formula is C10H13N3O3S. The first-order valence-corrected chi connectivity index (χ1v) is 6.58. The van der Waals surface area contributed by atoms with Crippen molar-refractivity contribution < 1.29 is 14.2 Å². The number of ether oxygens (including phenoxy) is 1. The number of aromatic nitrogens is 2. The van der Waals surface area contributed by atoms with Crippen molar-refractivity contribution in [1.82, 2.24) is 10.3 Å². The Morgan fingerprint density at radius 2 is 2.12 bits per heavy atom. The van der Waals surface area contributed by atoms with E-state index in [1.165, 1.54) is 11.8 Å². The van der Waals surface area contributed by atoms with Crippen LogP contribution in [0.5, 0.6) is 0 Å². The fraction of sp³-hybridized carbons (Fsp3) is 0.700. The molecule has 3 rings (SSSR count). The van der Waals surface area contributed by atoms with Gasteiger partial charge in [-0.3, -0.25) is 0 Å². The van der Waals surface area contributed by atoms with Crippen molar-refractivity contribution in [2.75, 3.05) is 6.26 Å². The van der Waals surface area contributed by atoms with Gasteiger partial charge in [0.15, 0.2) is 5.69 Å². The third-order valence-corrected chi connectivity index (χ3v) is 3.48. The van der Waals surface area contributed by atoms with E-state index in [0.717, 1.165) is 12.1 Å². The summed E-state index contributed by atoms with van der Waals surface area (Å²) in [5.41, 5.74) is 1.41. The van der Waals surface area contributed by atoms with Crippen LogP contribution in [0.15, 0.2) is 9.78 Å². The molecule has 1 aliphatic carbocycles. The molecule has 0 radical (unpaired) electrons. The maximum atomic E-state index is 5.79. The molecule has 7 heteroatoms. The lowest BCUT2D eigenvalue weighted by Crippen LogP contribution is -2.40. The summed E-state index contributed by atoms with van der Waals surface area (Å²) in [4.78, 5) is 5.49. The Labute approximate surface area is 103 Å². The number of hydrogen-bond donors (Lipinski definition) is 0. The predicted molar refractivity (Wildman–Crippen MR) is 61.2 cm³/mol. The first kappa shape index (κ1) is 10.9. The summed E-state index contributed by atoms with van der Waals surface area (Å²) in [6.07, 6.45) is 3.36. The molecule has 0 saturated heterocycles. The highest BCUT2D eigenvalue weighted by Crippen LogP contribution is 2.48. The van der Waals surface area contributed by atoms with E-state index >= 15 is 0 Å². The Bertz CT molecular complexity index is 485. The molecule has 0 saturated carbocycles. The molecule has 1 aromatic heterocycles. The molecule has 1 atom stereocenters. The molecule has 0 aromatic carbocycles. The van der Waals surface area contributed by atoms with Crippen LogP contribution in [0, 0.1) is 5.41 Å². The van der Waals surface area contributed by atoms with Crippen LogP contribution in [-0.4, -0.2) is 21.8 Å². The Kier molecular flexibility index (Phi) is 2.16. The summed E-state index contributed by atoms with van der Waals surface area (Å²) in [6, 6.07) is 0. The lowest BCUT2D eigenvalue weighted by Gasteiger charge is -2.36. The van der Waals surface area contributed by atoms with Gasteiger partial charge in [-0.1, -0.05) is 30.8 Å². The SMILES string of the molecule is CSC1=NO[C@]2(CC(C)(C)Cc3nonc32)O1. The topological polar surface area (TPSA) is 69.7 Å². The molecule has 0 N–H and O–H groups in total. The largest absolute Gasteiger partial charge is 0.419 e. The molecule has 1 spiro atoms. The van der Waals surface area contributed by atoms with Crippen molar-refractivity contribution in [2.24, 2.45) is 10.6 Å². The van der Waals surface area contributed by atoms with Crippen molar-refractivity contribution in [3.8, 4) is 0 Å². The summed E-state index contributed by atoms with van der Waals surface area (Å²) in [7, 11) is 0. The van der Waals surface area contributed by atoms with Crippen LogP contribution in [0.1, 0.15) is 31.7 Å². The van der Waals surface area contributed by atoms with Gasteiger partial charge in [0.2, 0.25) is 0 Å². The van der Waals surface area contributed by atoms with Crippen LogP contribution in [0.4, 0.5) is 0 Å². The van der Waals surface area contributed by atoms with E-state index in [9.17, 15) is 0 Å². The maximum absolute atomic E-state index is 5.79. The Morgan fingerprint density at radius 1 is 1.29 bits per heavy atom. The van der Waals surface area contributed by atoms with E-state index in [2.05, 4.69) is 29.3 Å². The van der Waals surface area contributed by atoms with Crippen LogP contribution >= 0.6 is 11.8 Å². The van der Waals surface area contributed by atoms with Crippen LogP contribution < -0.4 is 0 Å². The van der Waals surface area contributed by atoms with E-state index in [0.29, 0.717) is 17.3 Å². The molecule has 2 heterocycles. The third-order valence-electron chi connectivity index (χ3n) is 2.97. The second-order valence-corrected chi connectivity index (χ2v) is 5.84. The van der Waals surface area contributed by atoms with E-state index in [-0.39, 0.29) is 5.41 Å². The van der Waals surface area contributed by atoms with Gasteiger partial charge in [-0.05, 0) is 22.0 Å². The number of thioether (sulfide) groups is 1. The van der Waals surface area contributed by atoms with Crippen molar-refractivity contribution in [3.05, 3.63) is 11.4 Å². The fourth-order valence-corrected chi connectivity index (χ4v) is 2.70. The van der Waals surface area contributed by atoms with Crippen molar-refractivity contribution in [1.29, 1.82) is 0 Å². The molecule has 1 aromatic rings. The molecule has 6 nitrogen and oxygen atoms in total. The molecule has 0 amide bonds. The highest BCUT2D eigenvalue weighted by atomic mass is 32.2. The van der Waals surface area contributed by atoms with Gasteiger partial charge in [-0.25, -0.2) is 4.63 Å². The summed E-state index contributed by atoms with van der Waals surface area (Å²) in [5.74, 6) is -0.949. The maximum Gasteiger partial charge on any atom is 0.326 e. The molecule has 0 fully saturated rings. The zero-order valence-corrected chi connectivity index (χ0v) is 10.7. The number of hydrogen-bond acceptors (Lipinski definition) is 7. The first-order valence-electron chi connectivity index (χ1n) is 5.36. The zero-order valence-electron chi connectivity index (χ0n) is 9.89. The summed E-state index contributed by atoms with van der Waals surface area (Å²) >= 11 is 1.40. The predicted octanol–water partition coefficient (Wildman–Crippen LogP) is 1.88. The minimum atomic E-state index is -0.949. The molecule has 0 unspecified atom stereocenters. The zero-order chi connectivity index (χ0) is 12.1. The van der Waals surface area contributed by atoms with Crippen LogP contribution in [0.2, 0.25) is 0 Å². The van der Waals surface area contributed by atoms with Crippen molar-refractivity contribution >= 4 is 17.0 Å². The summed E-state index contributed by atoms with van der Waals surface area (Å²) in [5, 5.41) is 12.3. The molecule has 92 valence electrons. The minimum absolute atomic E-state index is 0.00886. The van der Waals surface area contributed by atoms with Gasteiger partial charge >= 0.3 is 5.79 Å². The second kappa shape index (κ2) is 3.38. The van der Waals surface area contributed by atoms with Crippen molar-refractivity contribution in [3.63, 3.8) is 0 Å². The number of rotatable bonds is 0. The minimum Gasteiger partial charge on any atom is -0.419 e. The lowest BCUT2D eigenvalue weighted by molar-refractivity contribution is -0.198. The van der Waals surface area contributed by atoms with Crippen molar-refractivity contribution in [2.45, 2.75) is 32.5 Å². The molecule has 2 aliphatic rings. The summed E-state index contributed by atoms with van der Waals surface area (Å²) < 4.78 is 10.6. The number of nitrogens with zero attached hydrogens (tertiary/aromatic N) is 3. The smallest absolute Gasteiger partial charge is 0.326 e. The lowest BCUT2D eigenvalue weighted by atomic mass is 9.75. The van der Waals surface area contributed by atoms with Crippen LogP contribution in [0.25, 0.3) is 0 Å². The van der Waals surface area contributed by atoms with Crippen LogP contribution in [-0.2, 0) is 21.8 Å². The first-order chi connectivity index (χ1) is 8.05. The van der Waals surface area contributed by atoms with Crippen LogP contribution in [0.3, 0.4) is 0 Å². The normalized spacial score (nSPS) is 29.5. The van der Waals surface area contributed by atoms with Gasteiger partial charge < -0.3 is 9.57 Å². The Hall–Kier alpha value is -1.24. The average molecular weight is 255 g/mol. The molecule has 17 heavy (non-hydrogen) atoms. The average Bonchev–Trinajstić information content (AvgIpc) is 2.84. The molecular weight excluding hydrogens is 242 g/mol. The highest BCUT2D eigenvalue weighted by molar-refractivity contribution is 8.12. The van der Waals surface area contributed by atoms with E-state index in [1.54, 1.807) is 0 Å². The number of fused-ring (bicyclic) bond motifs is 2. The Morgan fingerprint density at radius 3 is 2.82 bits per heavy atom. The van der Waals surface area contributed by atoms with E-state index in [1.807, 2.05) is 6.26 Å². The summed E-state index contributed by atoms with van der Waals surface area (Å²) in [6.45, 7) is 4.27. The molecule has 1 aliphatic heterocycles. The second-order valence-electron chi connectivity index (χ2n) is 5.08. The third kappa shape index (κ3) is 1.60.